The molecule has 1 aromatic carbocycles. The number of nitrogens with zero attached hydrogens (tertiary/aromatic N) is 1. The molecule has 23 heavy (non-hydrogen) atoms. The fourth-order valence-electron chi connectivity index (χ4n) is 1.91. The highest BCUT2D eigenvalue weighted by Crippen LogP contribution is 2.36. The lowest BCUT2D eigenvalue weighted by molar-refractivity contribution is 0.352. The number of rotatable bonds is 5. The van der Waals surface area contributed by atoms with Gasteiger partial charge in [-0.15, -0.1) is 0 Å². The van der Waals surface area contributed by atoms with Crippen molar-refractivity contribution in [1.82, 2.24) is 4.98 Å². The molecule has 0 fully saturated rings. The maximum absolute atomic E-state index is 13.5. The first-order valence-electron chi connectivity index (χ1n) is 6.23. The smallest absolute Gasteiger partial charge is 0.253 e. The number of pyridine rings is 1. The van der Waals surface area contributed by atoms with Crippen molar-refractivity contribution >= 4 is 21.6 Å². The molecule has 0 saturated heterocycles. The summed E-state index contributed by atoms with van der Waals surface area (Å²) in [5, 5.41) is 2.31. The van der Waals surface area contributed by atoms with Crippen molar-refractivity contribution in [2.24, 2.45) is 0 Å². The number of hydrogen-bond acceptors (Lipinski definition) is 4. The molecule has 2 aromatic rings. The molecule has 1 N–H and O–H groups in total. The number of aromatic nitrogens is 1. The van der Waals surface area contributed by atoms with Crippen molar-refractivity contribution < 1.29 is 27.0 Å². The Bertz CT molecular complexity index is 717. The third-order valence-corrected chi connectivity index (χ3v) is 3.55. The maximum Gasteiger partial charge on any atom is 0.253 e. The van der Waals surface area contributed by atoms with Gasteiger partial charge in [0.05, 0.1) is 18.7 Å². The first-order valence-corrected chi connectivity index (χ1v) is 7.02. The van der Waals surface area contributed by atoms with Crippen LogP contribution in [-0.4, -0.2) is 19.2 Å². The van der Waals surface area contributed by atoms with Gasteiger partial charge in [0.2, 0.25) is 11.6 Å². The van der Waals surface area contributed by atoms with Gasteiger partial charge in [-0.05, 0) is 33.6 Å². The first-order chi connectivity index (χ1) is 10.9. The standard InChI is InChI=1S/C14H11BrF4N2O2/c1-22-8-4-6(3-7(15)12(8)23-2)5-20-11-9(16)13(18)21-14(19)10(11)17/h3-4H,5H2,1-2H3,(H,20,21). The molecule has 0 unspecified atom stereocenters. The summed E-state index contributed by atoms with van der Waals surface area (Å²) in [6.45, 7) is -0.115. The average Bonchev–Trinajstić information content (AvgIpc) is 2.52. The van der Waals surface area contributed by atoms with Crippen molar-refractivity contribution in [1.29, 1.82) is 0 Å². The molecule has 0 aliphatic carbocycles. The van der Waals surface area contributed by atoms with Crippen LogP contribution in [0.3, 0.4) is 0 Å². The third-order valence-electron chi connectivity index (χ3n) is 2.96. The highest BCUT2D eigenvalue weighted by atomic mass is 79.9. The Labute approximate surface area is 137 Å². The van der Waals surface area contributed by atoms with Crippen LogP contribution >= 0.6 is 15.9 Å². The summed E-state index contributed by atoms with van der Waals surface area (Å²) in [6, 6.07) is 3.17. The summed E-state index contributed by atoms with van der Waals surface area (Å²) in [5.41, 5.74) is -0.396. The second-order valence-corrected chi connectivity index (χ2v) is 5.22. The zero-order chi connectivity index (χ0) is 17.1. The van der Waals surface area contributed by atoms with Crippen LogP contribution in [0, 0.1) is 23.5 Å². The number of halogens is 5. The Morgan fingerprint density at radius 3 is 2.17 bits per heavy atom. The van der Waals surface area contributed by atoms with E-state index < -0.39 is 29.2 Å². The fraction of sp³-hybridized carbons (Fsp3) is 0.214. The van der Waals surface area contributed by atoms with Crippen molar-refractivity contribution in [3.63, 3.8) is 0 Å². The molecule has 9 heteroatoms. The van der Waals surface area contributed by atoms with E-state index >= 15 is 0 Å². The minimum atomic E-state index is -1.72. The molecule has 0 spiro atoms. The quantitative estimate of drug-likeness (QED) is 0.614. The third kappa shape index (κ3) is 3.49. The largest absolute Gasteiger partial charge is 0.493 e. The second kappa shape index (κ2) is 7.03. The van der Waals surface area contributed by atoms with Gasteiger partial charge in [-0.3, -0.25) is 0 Å². The van der Waals surface area contributed by atoms with Gasteiger partial charge in [0.1, 0.15) is 5.69 Å². The van der Waals surface area contributed by atoms with Gasteiger partial charge in [0, 0.05) is 6.54 Å². The van der Waals surface area contributed by atoms with Crippen LogP contribution in [0.1, 0.15) is 5.56 Å². The van der Waals surface area contributed by atoms with Crippen molar-refractivity contribution in [2.45, 2.75) is 6.54 Å². The summed E-state index contributed by atoms with van der Waals surface area (Å²) in [7, 11) is 2.88. The van der Waals surface area contributed by atoms with Gasteiger partial charge in [-0.25, -0.2) is 0 Å². The van der Waals surface area contributed by atoms with Gasteiger partial charge >= 0.3 is 0 Å². The molecule has 0 atom stereocenters. The Balaban J connectivity index is 2.30. The molecule has 0 radical (unpaired) electrons. The molecule has 4 nitrogen and oxygen atoms in total. The highest BCUT2D eigenvalue weighted by Gasteiger charge is 2.20. The van der Waals surface area contributed by atoms with Gasteiger partial charge in [-0.2, -0.15) is 22.5 Å². The lowest BCUT2D eigenvalue weighted by Crippen LogP contribution is -2.09. The summed E-state index contributed by atoms with van der Waals surface area (Å²) in [5.74, 6) is -5.81. The predicted molar refractivity (Wildman–Crippen MR) is 78.6 cm³/mol. The van der Waals surface area contributed by atoms with E-state index in [1.807, 2.05) is 0 Å². The second-order valence-electron chi connectivity index (χ2n) is 4.36. The fourth-order valence-corrected chi connectivity index (χ4v) is 2.56. The predicted octanol–water partition coefficient (Wildman–Crippen LogP) is 4.03. The van der Waals surface area contributed by atoms with Crippen molar-refractivity contribution in [2.75, 3.05) is 19.5 Å². The molecule has 0 saturated carbocycles. The molecule has 0 amide bonds. The zero-order valence-electron chi connectivity index (χ0n) is 12.0. The van der Waals surface area contributed by atoms with E-state index in [0.29, 0.717) is 21.5 Å². The molecule has 0 aliphatic heterocycles. The number of methoxy groups -OCH3 is 2. The number of hydrogen-bond donors (Lipinski definition) is 1. The average molecular weight is 395 g/mol. The Morgan fingerprint density at radius 1 is 1.04 bits per heavy atom. The topological polar surface area (TPSA) is 43.4 Å². The maximum atomic E-state index is 13.5. The van der Waals surface area contributed by atoms with E-state index in [-0.39, 0.29) is 6.54 Å². The Hall–Kier alpha value is -2.03. The van der Waals surface area contributed by atoms with Crippen LogP contribution in [0.25, 0.3) is 0 Å². The van der Waals surface area contributed by atoms with Crippen LogP contribution in [-0.2, 0) is 6.54 Å². The van der Waals surface area contributed by atoms with Crippen LogP contribution < -0.4 is 14.8 Å². The van der Waals surface area contributed by atoms with Gasteiger partial charge in [-0.1, -0.05) is 0 Å². The van der Waals surface area contributed by atoms with E-state index in [4.69, 9.17) is 9.47 Å². The summed E-state index contributed by atoms with van der Waals surface area (Å²) < 4.78 is 64.0. The Kier molecular flexibility index (Phi) is 5.30. The number of anilines is 1. The number of benzene rings is 1. The molecule has 0 bridgehead atoms. The first kappa shape index (κ1) is 17.3. The number of nitrogens with one attached hydrogen (secondary N) is 1. The lowest BCUT2D eigenvalue weighted by atomic mass is 10.2. The molecule has 2 rings (SSSR count). The van der Waals surface area contributed by atoms with Crippen molar-refractivity contribution in [3.8, 4) is 11.5 Å². The minimum Gasteiger partial charge on any atom is -0.493 e. The van der Waals surface area contributed by atoms with E-state index in [1.54, 1.807) is 12.1 Å². The van der Waals surface area contributed by atoms with Crippen LogP contribution in [0.2, 0.25) is 0 Å². The Morgan fingerprint density at radius 2 is 1.65 bits per heavy atom. The van der Waals surface area contributed by atoms with Gasteiger partial charge in [0.15, 0.2) is 11.5 Å². The van der Waals surface area contributed by atoms with E-state index in [0.717, 1.165) is 0 Å². The molecule has 1 aromatic heterocycles. The monoisotopic (exact) mass is 394 g/mol. The molecular weight excluding hydrogens is 384 g/mol. The van der Waals surface area contributed by atoms with Gasteiger partial charge in [0.25, 0.3) is 11.9 Å². The van der Waals surface area contributed by atoms with Crippen LogP contribution in [0.4, 0.5) is 23.2 Å². The van der Waals surface area contributed by atoms with Crippen molar-refractivity contribution in [3.05, 3.63) is 45.7 Å². The minimum absolute atomic E-state index is 0.115. The van der Waals surface area contributed by atoms with E-state index in [9.17, 15) is 17.6 Å². The highest BCUT2D eigenvalue weighted by molar-refractivity contribution is 9.10. The van der Waals surface area contributed by atoms with Gasteiger partial charge < -0.3 is 14.8 Å². The van der Waals surface area contributed by atoms with Crippen LogP contribution in [0.15, 0.2) is 16.6 Å². The molecule has 1 heterocycles. The molecular formula is C14H11BrF4N2O2. The summed E-state index contributed by atoms with van der Waals surface area (Å²) in [6.07, 6.45) is 0. The summed E-state index contributed by atoms with van der Waals surface area (Å²) in [4.78, 5) is 2.49. The lowest BCUT2D eigenvalue weighted by Gasteiger charge is -2.13. The molecule has 124 valence electrons. The van der Waals surface area contributed by atoms with E-state index in [2.05, 4.69) is 26.2 Å². The normalized spacial score (nSPS) is 10.6. The SMILES string of the molecule is COc1cc(CNc2c(F)c(F)nc(F)c2F)cc(Br)c1OC. The summed E-state index contributed by atoms with van der Waals surface area (Å²) >= 11 is 3.27. The molecule has 0 aliphatic rings. The zero-order valence-corrected chi connectivity index (χ0v) is 13.6. The van der Waals surface area contributed by atoms with E-state index in [1.165, 1.54) is 14.2 Å². The van der Waals surface area contributed by atoms with Crippen LogP contribution in [0.5, 0.6) is 11.5 Å². The number of ether oxygens (including phenoxy) is 2.